The van der Waals surface area contributed by atoms with Gasteiger partial charge in [0.2, 0.25) is 0 Å². The topological polar surface area (TPSA) is 66.0 Å². The van der Waals surface area contributed by atoms with Gasteiger partial charge >= 0.3 is 0 Å². The van der Waals surface area contributed by atoms with Gasteiger partial charge in [0, 0.05) is 18.7 Å². The van der Waals surface area contributed by atoms with E-state index in [0.29, 0.717) is 6.42 Å². The summed E-state index contributed by atoms with van der Waals surface area (Å²) in [5.41, 5.74) is 7.48. The SMILES string of the molecule is Cc1cccc(CN(C)CCCCC(=N)N)n1. The highest BCUT2D eigenvalue weighted by Crippen LogP contribution is 2.03. The van der Waals surface area contributed by atoms with Gasteiger partial charge in [0.1, 0.15) is 0 Å². The van der Waals surface area contributed by atoms with Gasteiger partial charge in [-0.25, -0.2) is 0 Å². The molecule has 0 aliphatic heterocycles. The normalized spacial score (nSPS) is 10.8. The van der Waals surface area contributed by atoms with Crippen LogP contribution in [0.1, 0.15) is 30.7 Å². The number of aromatic nitrogens is 1. The summed E-state index contributed by atoms with van der Waals surface area (Å²) >= 11 is 0. The molecule has 0 unspecified atom stereocenters. The average Bonchev–Trinajstić information content (AvgIpc) is 2.24. The third kappa shape index (κ3) is 6.02. The Balaban J connectivity index is 2.25. The maximum atomic E-state index is 7.14. The Labute approximate surface area is 103 Å². The number of nitrogens with zero attached hydrogens (tertiary/aromatic N) is 2. The summed E-state index contributed by atoms with van der Waals surface area (Å²) in [4.78, 5) is 6.73. The van der Waals surface area contributed by atoms with Crippen molar-refractivity contribution in [3.63, 3.8) is 0 Å². The van der Waals surface area contributed by atoms with E-state index in [2.05, 4.69) is 23.0 Å². The van der Waals surface area contributed by atoms with Crippen molar-refractivity contribution in [3.8, 4) is 0 Å². The molecule has 4 nitrogen and oxygen atoms in total. The quantitative estimate of drug-likeness (QED) is 0.430. The lowest BCUT2D eigenvalue weighted by molar-refractivity contribution is 0.315. The zero-order valence-corrected chi connectivity index (χ0v) is 10.7. The van der Waals surface area contributed by atoms with Crippen LogP contribution in [-0.4, -0.2) is 29.3 Å². The minimum Gasteiger partial charge on any atom is -0.388 e. The Hall–Kier alpha value is -1.42. The van der Waals surface area contributed by atoms with Crippen molar-refractivity contribution in [2.45, 2.75) is 32.7 Å². The summed E-state index contributed by atoms with van der Waals surface area (Å²) in [7, 11) is 2.10. The van der Waals surface area contributed by atoms with E-state index in [1.54, 1.807) is 0 Å². The molecule has 1 heterocycles. The van der Waals surface area contributed by atoms with Crippen LogP contribution in [-0.2, 0) is 6.54 Å². The maximum Gasteiger partial charge on any atom is 0.0905 e. The first-order valence-corrected chi connectivity index (χ1v) is 6.02. The second-order valence-electron chi connectivity index (χ2n) is 4.49. The molecule has 0 saturated heterocycles. The molecule has 4 heteroatoms. The molecule has 1 rings (SSSR count). The van der Waals surface area contributed by atoms with E-state index in [-0.39, 0.29) is 5.84 Å². The molecule has 1 aromatic rings. The minimum atomic E-state index is 0.285. The third-order valence-corrected chi connectivity index (χ3v) is 2.61. The molecule has 0 radical (unpaired) electrons. The molecular weight excluding hydrogens is 212 g/mol. The highest BCUT2D eigenvalue weighted by atomic mass is 15.1. The van der Waals surface area contributed by atoms with Gasteiger partial charge in [-0.15, -0.1) is 0 Å². The van der Waals surface area contributed by atoms with Gasteiger partial charge in [-0.3, -0.25) is 10.4 Å². The summed E-state index contributed by atoms with van der Waals surface area (Å²) in [6, 6.07) is 6.11. The highest BCUT2D eigenvalue weighted by molar-refractivity contribution is 5.76. The fourth-order valence-electron chi connectivity index (χ4n) is 1.74. The Morgan fingerprint density at radius 1 is 1.41 bits per heavy atom. The first-order chi connectivity index (χ1) is 8.08. The van der Waals surface area contributed by atoms with Crippen molar-refractivity contribution in [1.82, 2.24) is 9.88 Å². The van der Waals surface area contributed by atoms with Gasteiger partial charge < -0.3 is 10.6 Å². The van der Waals surface area contributed by atoms with Crippen molar-refractivity contribution in [2.24, 2.45) is 5.73 Å². The molecule has 17 heavy (non-hydrogen) atoms. The Morgan fingerprint density at radius 3 is 2.82 bits per heavy atom. The van der Waals surface area contributed by atoms with E-state index in [9.17, 15) is 0 Å². The van der Waals surface area contributed by atoms with Crippen LogP contribution in [0.5, 0.6) is 0 Å². The number of unbranched alkanes of at least 4 members (excludes halogenated alkanes) is 1. The molecular formula is C13H22N4. The van der Waals surface area contributed by atoms with Crippen molar-refractivity contribution in [1.29, 1.82) is 5.41 Å². The Morgan fingerprint density at radius 2 is 2.18 bits per heavy atom. The number of nitrogens with two attached hydrogens (primary N) is 1. The fraction of sp³-hybridized carbons (Fsp3) is 0.538. The predicted molar refractivity (Wildman–Crippen MR) is 71.1 cm³/mol. The summed E-state index contributed by atoms with van der Waals surface area (Å²) in [5.74, 6) is 0.285. The van der Waals surface area contributed by atoms with Crippen molar-refractivity contribution < 1.29 is 0 Å². The lowest BCUT2D eigenvalue weighted by atomic mass is 10.2. The number of rotatable bonds is 7. The van der Waals surface area contributed by atoms with E-state index in [1.165, 1.54) is 0 Å². The van der Waals surface area contributed by atoms with Crippen LogP contribution >= 0.6 is 0 Å². The van der Waals surface area contributed by atoms with Crippen LogP contribution in [0.3, 0.4) is 0 Å². The average molecular weight is 234 g/mol. The summed E-state index contributed by atoms with van der Waals surface area (Å²) in [5, 5.41) is 7.14. The predicted octanol–water partition coefficient (Wildman–Crippen LogP) is 1.93. The number of hydrogen-bond donors (Lipinski definition) is 2. The van der Waals surface area contributed by atoms with Gasteiger partial charge in [-0.1, -0.05) is 6.07 Å². The van der Waals surface area contributed by atoms with E-state index in [4.69, 9.17) is 11.1 Å². The Bertz CT molecular complexity index is 362. The van der Waals surface area contributed by atoms with Crippen LogP contribution in [0.15, 0.2) is 18.2 Å². The molecule has 0 fully saturated rings. The van der Waals surface area contributed by atoms with E-state index >= 15 is 0 Å². The number of nitrogens with one attached hydrogen (secondary N) is 1. The second kappa shape index (κ2) is 7.01. The molecule has 0 saturated carbocycles. The first kappa shape index (κ1) is 13.6. The summed E-state index contributed by atoms with van der Waals surface area (Å²) < 4.78 is 0. The van der Waals surface area contributed by atoms with Gasteiger partial charge in [-0.2, -0.15) is 0 Å². The van der Waals surface area contributed by atoms with Gasteiger partial charge in [0.25, 0.3) is 0 Å². The molecule has 94 valence electrons. The molecule has 1 aromatic heterocycles. The number of hydrogen-bond acceptors (Lipinski definition) is 3. The smallest absolute Gasteiger partial charge is 0.0905 e. The third-order valence-electron chi connectivity index (χ3n) is 2.61. The molecule has 0 aliphatic rings. The molecule has 0 amide bonds. The zero-order valence-electron chi connectivity index (χ0n) is 10.7. The van der Waals surface area contributed by atoms with Crippen molar-refractivity contribution in [3.05, 3.63) is 29.6 Å². The molecule has 0 spiro atoms. The van der Waals surface area contributed by atoms with Crippen LogP contribution in [0, 0.1) is 12.3 Å². The largest absolute Gasteiger partial charge is 0.388 e. The van der Waals surface area contributed by atoms with E-state index in [1.807, 2.05) is 19.1 Å². The second-order valence-corrected chi connectivity index (χ2v) is 4.49. The van der Waals surface area contributed by atoms with Crippen molar-refractivity contribution in [2.75, 3.05) is 13.6 Å². The number of pyridine rings is 1. The lowest BCUT2D eigenvalue weighted by Crippen LogP contribution is -2.20. The van der Waals surface area contributed by atoms with Crippen LogP contribution in [0.25, 0.3) is 0 Å². The lowest BCUT2D eigenvalue weighted by Gasteiger charge is -2.16. The van der Waals surface area contributed by atoms with Crippen LogP contribution in [0.4, 0.5) is 0 Å². The first-order valence-electron chi connectivity index (χ1n) is 6.02. The number of aryl methyl sites for hydroxylation is 1. The van der Waals surface area contributed by atoms with Crippen LogP contribution in [0.2, 0.25) is 0 Å². The van der Waals surface area contributed by atoms with Gasteiger partial charge in [0.15, 0.2) is 0 Å². The van der Waals surface area contributed by atoms with E-state index < -0.39 is 0 Å². The summed E-state index contributed by atoms with van der Waals surface area (Å²) in [6.45, 7) is 3.90. The molecule has 0 aromatic carbocycles. The fourth-order valence-corrected chi connectivity index (χ4v) is 1.74. The van der Waals surface area contributed by atoms with Crippen molar-refractivity contribution >= 4 is 5.84 Å². The van der Waals surface area contributed by atoms with Gasteiger partial charge in [-0.05, 0) is 45.5 Å². The zero-order chi connectivity index (χ0) is 12.7. The molecule has 3 N–H and O–H groups in total. The minimum absolute atomic E-state index is 0.285. The maximum absolute atomic E-state index is 7.14. The standard InChI is InChI=1S/C13H22N4/c1-11-6-5-7-12(16-11)10-17(2)9-4-3-8-13(14)15/h5-7H,3-4,8-10H2,1-2H3,(H3,14,15). The van der Waals surface area contributed by atoms with E-state index in [0.717, 1.165) is 37.3 Å². The Kier molecular flexibility index (Phi) is 5.63. The van der Waals surface area contributed by atoms with Gasteiger partial charge in [0.05, 0.1) is 11.5 Å². The highest BCUT2D eigenvalue weighted by Gasteiger charge is 2.01. The van der Waals surface area contributed by atoms with Crippen LogP contribution < -0.4 is 5.73 Å². The number of amidine groups is 1. The monoisotopic (exact) mass is 234 g/mol. The summed E-state index contributed by atoms with van der Waals surface area (Å²) in [6.07, 6.45) is 2.76. The molecule has 0 atom stereocenters. The molecule has 0 bridgehead atoms. The molecule has 0 aliphatic carbocycles.